The summed E-state index contributed by atoms with van der Waals surface area (Å²) in [6.45, 7) is 17.9. The number of pyridine rings is 1. The van der Waals surface area contributed by atoms with Crippen LogP contribution in [0.4, 0.5) is 4.79 Å². The van der Waals surface area contributed by atoms with E-state index >= 15 is 0 Å². The van der Waals surface area contributed by atoms with Crippen LogP contribution in [-0.2, 0) is 33.9 Å². The van der Waals surface area contributed by atoms with Crippen molar-refractivity contribution < 1.29 is 41.8 Å². The van der Waals surface area contributed by atoms with Crippen molar-refractivity contribution in [1.82, 2.24) is 25.2 Å². The molecule has 0 spiro atoms. The molecule has 3 N–H and O–H groups in total. The molecule has 50 heavy (non-hydrogen) atoms. The maximum atomic E-state index is 14.2. The summed E-state index contributed by atoms with van der Waals surface area (Å²) in [5.74, 6) is -2.02. The van der Waals surface area contributed by atoms with Gasteiger partial charge in [-0.1, -0.05) is 26.5 Å². The van der Waals surface area contributed by atoms with E-state index in [9.17, 15) is 27.6 Å². The van der Waals surface area contributed by atoms with Crippen molar-refractivity contribution in [2.45, 2.75) is 102 Å². The van der Waals surface area contributed by atoms with Crippen molar-refractivity contribution in [3.63, 3.8) is 0 Å². The predicted molar refractivity (Wildman–Crippen MR) is 186 cm³/mol. The van der Waals surface area contributed by atoms with E-state index in [1.54, 1.807) is 59.0 Å². The standard InChI is InChI=1S/C35H49N5O9S/c1-10-22-18-35(22,32(43)39-50(45,46)25-12-13-25)38-30(41)27-17-24(48-28-14-15-36-26(21(28)5)16-23(11-2)47-9)19-40(27)31(42)29(20(3)4)37-33(44)49-34(6,7)8/h10-11,14-16,20,22,24-25,27,29H,1-2,12-13,17-19H2,3-9H3,(H,37,44)(H,38,41)(H,39,43)/b23-16+/t22-,24-,27+,29+,35-/m1/s1. The first kappa shape index (κ1) is 38.4. The number of alkyl carbamates (subject to hydrolysis) is 1. The highest BCUT2D eigenvalue weighted by molar-refractivity contribution is 7.91. The van der Waals surface area contributed by atoms with Crippen LogP contribution in [0.5, 0.6) is 5.75 Å². The molecule has 0 radical (unpaired) electrons. The number of carbonyl (C=O) groups excluding carboxylic acids is 4. The normalized spacial score (nSPS) is 24.1. The molecule has 14 nitrogen and oxygen atoms in total. The van der Waals surface area contributed by atoms with Crippen LogP contribution in [0.15, 0.2) is 43.3 Å². The third-order valence-corrected chi connectivity index (χ3v) is 10.7. The van der Waals surface area contributed by atoms with Crippen LogP contribution in [-0.4, -0.2) is 90.3 Å². The summed E-state index contributed by atoms with van der Waals surface area (Å²) in [6.07, 6.45) is 5.91. The second kappa shape index (κ2) is 14.8. The average molecular weight is 716 g/mol. The van der Waals surface area contributed by atoms with Crippen LogP contribution in [0.1, 0.15) is 71.6 Å². The van der Waals surface area contributed by atoms with E-state index in [1.807, 2.05) is 6.92 Å². The number of amides is 4. The highest BCUT2D eigenvalue weighted by atomic mass is 32.2. The summed E-state index contributed by atoms with van der Waals surface area (Å²) in [5.41, 5.74) is -1.11. The molecule has 0 bridgehead atoms. The van der Waals surface area contributed by atoms with E-state index in [-0.39, 0.29) is 19.4 Å². The maximum absolute atomic E-state index is 14.2. The summed E-state index contributed by atoms with van der Waals surface area (Å²) >= 11 is 0. The van der Waals surface area contributed by atoms with Gasteiger partial charge in [-0.05, 0) is 65.0 Å². The number of aromatic nitrogens is 1. The number of rotatable bonds is 14. The molecule has 274 valence electrons. The number of likely N-dealkylation sites (tertiary alicyclic amines) is 1. The van der Waals surface area contributed by atoms with Crippen molar-refractivity contribution in [1.29, 1.82) is 0 Å². The smallest absolute Gasteiger partial charge is 0.408 e. The minimum atomic E-state index is -3.89. The van der Waals surface area contributed by atoms with Gasteiger partial charge in [0.25, 0.3) is 5.91 Å². The van der Waals surface area contributed by atoms with E-state index in [4.69, 9.17) is 14.2 Å². The Kier molecular flexibility index (Phi) is 11.4. The van der Waals surface area contributed by atoms with Crippen LogP contribution < -0.4 is 20.1 Å². The van der Waals surface area contributed by atoms with Crippen LogP contribution in [0, 0.1) is 18.8 Å². The molecule has 15 heteroatoms. The van der Waals surface area contributed by atoms with Gasteiger partial charge >= 0.3 is 6.09 Å². The summed E-state index contributed by atoms with van der Waals surface area (Å²) in [4.78, 5) is 60.2. The van der Waals surface area contributed by atoms with Crippen LogP contribution in [0.25, 0.3) is 6.08 Å². The SMILES string of the molecule is C=C/C(=C\c1nccc(O[C@@H]2C[C@@H](C(=O)N[C@]3(C(=O)NS(=O)(=O)C4CC4)C[C@H]3C=C)N(C(=O)[C@@H](NC(=O)OC(C)(C)C)C(C)C)C2)c1C)OC. The van der Waals surface area contributed by atoms with Crippen molar-refractivity contribution in [3.05, 3.63) is 54.6 Å². The number of hydrogen-bond acceptors (Lipinski definition) is 10. The lowest BCUT2D eigenvalue weighted by molar-refractivity contribution is -0.141. The Morgan fingerprint density at radius 2 is 1.84 bits per heavy atom. The monoisotopic (exact) mass is 715 g/mol. The van der Waals surface area contributed by atoms with Gasteiger partial charge in [0.05, 0.1) is 24.6 Å². The van der Waals surface area contributed by atoms with Crippen molar-refractivity contribution >= 4 is 39.9 Å². The Balaban J connectivity index is 1.63. The average Bonchev–Trinajstić information content (AvgIpc) is 3.96. The van der Waals surface area contributed by atoms with Gasteiger partial charge in [-0.25, -0.2) is 13.2 Å². The highest BCUT2D eigenvalue weighted by Gasteiger charge is 2.62. The molecule has 2 aliphatic carbocycles. The van der Waals surface area contributed by atoms with Crippen molar-refractivity contribution in [3.8, 4) is 5.75 Å². The maximum Gasteiger partial charge on any atom is 0.408 e. The lowest BCUT2D eigenvalue weighted by Crippen LogP contribution is -2.59. The number of ether oxygens (including phenoxy) is 3. The molecule has 1 aromatic rings. The van der Waals surface area contributed by atoms with Crippen LogP contribution in [0.2, 0.25) is 0 Å². The van der Waals surface area contributed by atoms with Gasteiger partial charge in [-0.15, -0.1) is 6.58 Å². The minimum Gasteiger partial charge on any atom is -0.497 e. The van der Waals surface area contributed by atoms with E-state index in [0.29, 0.717) is 35.6 Å². The lowest BCUT2D eigenvalue weighted by Gasteiger charge is -2.31. The van der Waals surface area contributed by atoms with Gasteiger partial charge in [0.15, 0.2) is 0 Å². The molecule has 1 aliphatic heterocycles. The van der Waals surface area contributed by atoms with E-state index in [0.717, 1.165) is 0 Å². The summed E-state index contributed by atoms with van der Waals surface area (Å²) in [6, 6.07) is -0.522. The zero-order chi connectivity index (χ0) is 37.2. The number of hydrogen-bond donors (Lipinski definition) is 3. The van der Waals surface area contributed by atoms with Gasteiger partial charge in [0.1, 0.15) is 40.8 Å². The van der Waals surface area contributed by atoms with Gasteiger partial charge in [0, 0.05) is 30.2 Å². The van der Waals surface area contributed by atoms with E-state index in [1.165, 1.54) is 18.1 Å². The van der Waals surface area contributed by atoms with Gasteiger partial charge < -0.3 is 29.7 Å². The number of methoxy groups -OCH3 is 1. The van der Waals surface area contributed by atoms with Gasteiger partial charge in [-0.3, -0.25) is 24.1 Å². The van der Waals surface area contributed by atoms with Crippen molar-refractivity contribution in [2.24, 2.45) is 11.8 Å². The Bertz CT molecular complexity index is 1660. The zero-order valence-electron chi connectivity index (χ0n) is 29.8. The lowest BCUT2D eigenvalue weighted by atomic mass is 10.0. The second-order valence-electron chi connectivity index (χ2n) is 14.3. The first-order chi connectivity index (χ1) is 23.3. The number of sulfonamides is 1. The van der Waals surface area contributed by atoms with Crippen LogP contribution in [0.3, 0.4) is 0 Å². The summed E-state index contributed by atoms with van der Waals surface area (Å²) in [5, 5.41) is 4.78. The largest absolute Gasteiger partial charge is 0.497 e. The highest BCUT2D eigenvalue weighted by Crippen LogP contribution is 2.45. The molecule has 2 heterocycles. The fourth-order valence-electron chi connectivity index (χ4n) is 5.84. The van der Waals surface area contributed by atoms with Crippen molar-refractivity contribution in [2.75, 3.05) is 13.7 Å². The Hall–Kier alpha value is -4.40. The molecule has 1 saturated heterocycles. The molecule has 5 atom stereocenters. The van der Waals surface area contributed by atoms with Gasteiger partial charge in [-0.2, -0.15) is 0 Å². The van der Waals surface area contributed by atoms with Gasteiger partial charge in [0.2, 0.25) is 21.8 Å². The number of allylic oxidation sites excluding steroid dienone is 1. The number of nitrogens with zero attached hydrogens (tertiary/aromatic N) is 2. The third-order valence-electron chi connectivity index (χ3n) is 8.91. The number of nitrogens with one attached hydrogen (secondary N) is 3. The Morgan fingerprint density at radius 3 is 2.38 bits per heavy atom. The Morgan fingerprint density at radius 1 is 1.16 bits per heavy atom. The third kappa shape index (κ3) is 8.84. The topological polar surface area (TPSA) is 182 Å². The molecule has 4 rings (SSSR count). The van der Waals surface area contributed by atoms with E-state index in [2.05, 4.69) is 33.5 Å². The number of carbonyl (C=O) groups is 4. The molecule has 0 aromatic carbocycles. The second-order valence-corrected chi connectivity index (χ2v) is 16.3. The molecule has 3 aliphatic rings. The predicted octanol–water partition coefficient (Wildman–Crippen LogP) is 3.13. The first-order valence-corrected chi connectivity index (χ1v) is 18.2. The molecule has 3 fully saturated rings. The molecular weight excluding hydrogens is 666 g/mol. The molecule has 4 amide bonds. The quantitative estimate of drug-likeness (QED) is 0.147. The van der Waals surface area contributed by atoms with Crippen LogP contribution >= 0.6 is 0 Å². The summed E-state index contributed by atoms with van der Waals surface area (Å²) < 4.78 is 44.5. The molecular formula is C35H49N5O9S. The molecule has 0 unspecified atom stereocenters. The minimum absolute atomic E-state index is 0.0286. The first-order valence-electron chi connectivity index (χ1n) is 16.7. The van der Waals surface area contributed by atoms with E-state index < -0.39 is 80.3 Å². The fraction of sp³-hybridized carbons (Fsp3) is 0.571. The molecule has 1 aromatic heterocycles. The zero-order valence-corrected chi connectivity index (χ0v) is 30.6. The summed E-state index contributed by atoms with van der Waals surface area (Å²) in [7, 11) is -2.38. The molecule has 2 saturated carbocycles. The fourth-order valence-corrected chi connectivity index (χ4v) is 7.21. The Labute approximate surface area is 294 Å².